The van der Waals surface area contributed by atoms with Gasteiger partial charge in [-0.1, -0.05) is 6.07 Å². The van der Waals surface area contributed by atoms with E-state index in [9.17, 15) is 13.2 Å². The second-order valence-electron chi connectivity index (χ2n) is 4.58. The highest BCUT2D eigenvalue weighted by Gasteiger charge is 2.26. The third-order valence-electron chi connectivity index (χ3n) is 2.73. The summed E-state index contributed by atoms with van der Waals surface area (Å²) >= 11 is 0. The van der Waals surface area contributed by atoms with Gasteiger partial charge in [0.05, 0.1) is 13.5 Å². The molecular weight excluding hydrogens is 283 g/mol. The van der Waals surface area contributed by atoms with Crippen LogP contribution in [-0.4, -0.2) is 32.8 Å². The van der Waals surface area contributed by atoms with E-state index in [0.29, 0.717) is 12.5 Å². The van der Waals surface area contributed by atoms with Gasteiger partial charge in [0.2, 0.25) is 0 Å². The number of ether oxygens (including phenoxy) is 1. The highest BCUT2D eigenvalue weighted by Crippen LogP contribution is 2.18. The van der Waals surface area contributed by atoms with Crippen molar-refractivity contribution in [3.05, 3.63) is 29.3 Å². The van der Waals surface area contributed by atoms with E-state index in [1.165, 1.54) is 7.05 Å². The molecule has 0 aromatic heterocycles. The Labute approximate surface area is 122 Å². The molecule has 2 N–H and O–H groups in total. The minimum absolute atomic E-state index is 0.208. The fourth-order valence-electron chi connectivity index (χ4n) is 1.77. The first-order valence-corrected chi connectivity index (χ1v) is 6.50. The second kappa shape index (κ2) is 7.75. The Balaban J connectivity index is 2.50. The number of alkyl halides is 3. The first-order chi connectivity index (χ1) is 9.84. The number of benzene rings is 1. The molecule has 1 rings (SSSR count). The molecule has 1 aromatic carbocycles. The lowest BCUT2D eigenvalue weighted by Gasteiger charge is -2.13. The van der Waals surface area contributed by atoms with Crippen LogP contribution in [0.2, 0.25) is 0 Å². The van der Waals surface area contributed by atoms with Crippen LogP contribution in [0.25, 0.3) is 0 Å². The Morgan fingerprint density at radius 3 is 2.52 bits per heavy atom. The zero-order valence-electron chi connectivity index (χ0n) is 12.3. The molecule has 0 saturated carbocycles. The lowest BCUT2D eigenvalue weighted by Crippen LogP contribution is -2.38. The minimum atomic E-state index is -4.17. The maximum Gasteiger partial charge on any atom is 0.390 e. The highest BCUT2D eigenvalue weighted by molar-refractivity contribution is 5.79. The number of aryl methyl sites for hydroxylation is 1. The van der Waals surface area contributed by atoms with Crippen LogP contribution in [0.4, 0.5) is 13.2 Å². The molecule has 0 unspecified atom stereocenters. The second-order valence-corrected chi connectivity index (χ2v) is 4.58. The Bertz CT molecular complexity index is 487. The van der Waals surface area contributed by atoms with Crippen molar-refractivity contribution in [2.75, 3.05) is 20.7 Å². The molecule has 1 aromatic rings. The van der Waals surface area contributed by atoms with Gasteiger partial charge in [-0.25, -0.2) is 0 Å². The molecule has 0 saturated heterocycles. The zero-order valence-corrected chi connectivity index (χ0v) is 12.3. The number of hydrogen-bond acceptors (Lipinski definition) is 2. The number of nitrogens with one attached hydrogen (secondary N) is 2. The summed E-state index contributed by atoms with van der Waals surface area (Å²) in [5.41, 5.74) is 2.01. The average molecular weight is 303 g/mol. The van der Waals surface area contributed by atoms with Crippen LogP contribution in [0.3, 0.4) is 0 Å². The molecule has 0 aliphatic heterocycles. The Kier molecular flexibility index (Phi) is 6.33. The molecule has 21 heavy (non-hydrogen) atoms. The molecular formula is C14H20F3N3O. The van der Waals surface area contributed by atoms with Crippen LogP contribution in [0.15, 0.2) is 23.2 Å². The minimum Gasteiger partial charge on any atom is -0.497 e. The van der Waals surface area contributed by atoms with Crippen LogP contribution in [0.5, 0.6) is 5.75 Å². The predicted octanol–water partition coefficient (Wildman–Crippen LogP) is 2.62. The van der Waals surface area contributed by atoms with Crippen molar-refractivity contribution < 1.29 is 17.9 Å². The van der Waals surface area contributed by atoms with Crippen molar-refractivity contribution in [3.8, 4) is 5.75 Å². The lowest BCUT2D eigenvalue weighted by molar-refractivity contribution is -0.132. The smallest absolute Gasteiger partial charge is 0.390 e. The first-order valence-electron chi connectivity index (χ1n) is 6.50. The SMILES string of the molecule is CN=C(NCCC(F)(F)F)NCc1cc(C)cc(OC)c1. The number of aliphatic imine (C=N–C) groups is 1. The number of rotatable bonds is 5. The van der Waals surface area contributed by atoms with E-state index in [1.54, 1.807) is 7.11 Å². The van der Waals surface area contributed by atoms with Gasteiger partial charge in [-0.2, -0.15) is 13.2 Å². The summed E-state index contributed by atoms with van der Waals surface area (Å²) in [4.78, 5) is 3.88. The molecule has 0 aliphatic carbocycles. The van der Waals surface area contributed by atoms with E-state index in [-0.39, 0.29) is 6.54 Å². The molecule has 7 heteroatoms. The summed E-state index contributed by atoms with van der Waals surface area (Å²) in [5, 5.41) is 5.59. The summed E-state index contributed by atoms with van der Waals surface area (Å²) in [6, 6.07) is 5.74. The highest BCUT2D eigenvalue weighted by atomic mass is 19.4. The normalized spacial score (nSPS) is 12.2. The molecule has 0 aliphatic rings. The van der Waals surface area contributed by atoms with Crippen molar-refractivity contribution in [1.29, 1.82) is 0 Å². The Hall–Kier alpha value is -1.92. The fraction of sp³-hybridized carbons (Fsp3) is 0.500. The van der Waals surface area contributed by atoms with Gasteiger partial charge in [-0.15, -0.1) is 0 Å². The summed E-state index contributed by atoms with van der Waals surface area (Å²) in [5.74, 6) is 1.08. The van der Waals surface area contributed by atoms with Gasteiger partial charge >= 0.3 is 6.18 Å². The van der Waals surface area contributed by atoms with E-state index < -0.39 is 12.6 Å². The number of hydrogen-bond donors (Lipinski definition) is 2. The Morgan fingerprint density at radius 1 is 1.24 bits per heavy atom. The average Bonchev–Trinajstić information content (AvgIpc) is 2.40. The number of nitrogens with zero attached hydrogens (tertiary/aromatic N) is 1. The summed E-state index contributed by atoms with van der Waals surface area (Å²) in [6.07, 6.45) is -5.07. The van der Waals surface area contributed by atoms with Crippen LogP contribution in [0.1, 0.15) is 17.5 Å². The monoisotopic (exact) mass is 303 g/mol. The van der Waals surface area contributed by atoms with Gasteiger partial charge in [-0.3, -0.25) is 4.99 Å². The van der Waals surface area contributed by atoms with Gasteiger partial charge in [0.1, 0.15) is 5.75 Å². The number of halogens is 3. The third-order valence-corrected chi connectivity index (χ3v) is 2.73. The van der Waals surface area contributed by atoms with Crippen LogP contribution in [0, 0.1) is 6.92 Å². The number of methoxy groups -OCH3 is 1. The van der Waals surface area contributed by atoms with Crippen LogP contribution >= 0.6 is 0 Å². The molecule has 0 fully saturated rings. The van der Waals surface area contributed by atoms with Crippen LogP contribution < -0.4 is 15.4 Å². The topological polar surface area (TPSA) is 45.7 Å². The zero-order chi connectivity index (χ0) is 15.9. The molecule has 0 bridgehead atoms. The van der Waals surface area contributed by atoms with Gasteiger partial charge < -0.3 is 15.4 Å². The molecule has 0 amide bonds. The standard InChI is InChI=1S/C14H20F3N3O/c1-10-6-11(8-12(7-10)21-3)9-20-13(18-2)19-5-4-14(15,16)17/h6-8H,4-5,9H2,1-3H3,(H2,18,19,20). The van der Waals surface area contributed by atoms with Gasteiger partial charge in [0.15, 0.2) is 5.96 Å². The van der Waals surface area contributed by atoms with Gasteiger partial charge in [0, 0.05) is 20.1 Å². The van der Waals surface area contributed by atoms with Gasteiger partial charge in [0.25, 0.3) is 0 Å². The maximum atomic E-state index is 12.1. The van der Waals surface area contributed by atoms with Crippen molar-refractivity contribution in [3.63, 3.8) is 0 Å². The lowest BCUT2D eigenvalue weighted by atomic mass is 10.1. The van der Waals surface area contributed by atoms with E-state index in [1.807, 2.05) is 25.1 Å². The van der Waals surface area contributed by atoms with E-state index in [2.05, 4.69) is 15.6 Å². The van der Waals surface area contributed by atoms with E-state index >= 15 is 0 Å². The van der Waals surface area contributed by atoms with Crippen molar-refractivity contribution in [2.24, 2.45) is 4.99 Å². The molecule has 4 nitrogen and oxygen atoms in total. The quantitative estimate of drug-likeness (QED) is 0.649. The molecule has 118 valence electrons. The maximum absolute atomic E-state index is 12.1. The molecule has 0 spiro atoms. The van der Waals surface area contributed by atoms with Crippen molar-refractivity contribution in [1.82, 2.24) is 10.6 Å². The molecule has 0 heterocycles. The fourth-order valence-corrected chi connectivity index (χ4v) is 1.77. The first kappa shape index (κ1) is 17.1. The summed E-state index contributed by atoms with van der Waals surface area (Å²) < 4.78 is 41.4. The molecule has 0 radical (unpaired) electrons. The molecule has 0 atom stereocenters. The van der Waals surface area contributed by atoms with Crippen molar-refractivity contribution >= 4 is 5.96 Å². The van der Waals surface area contributed by atoms with Gasteiger partial charge in [-0.05, 0) is 30.2 Å². The number of guanidine groups is 1. The Morgan fingerprint density at radius 2 is 1.95 bits per heavy atom. The van der Waals surface area contributed by atoms with Crippen LogP contribution in [-0.2, 0) is 6.54 Å². The summed E-state index contributed by atoms with van der Waals surface area (Å²) in [6.45, 7) is 2.19. The van der Waals surface area contributed by atoms with E-state index in [4.69, 9.17) is 4.74 Å². The largest absolute Gasteiger partial charge is 0.497 e. The third kappa shape index (κ3) is 6.87. The van der Waals surface area contributed by atoms with Crippen molar-refractivity contribution in [2.45, 2.75) is 26.1 Å². The summed E-state index contributed by atoms with van der Waals surface area (Å²) in [7, 11) is 3.10. The van der Waals surface area contributed by atoms with E-state index in [0.717, 1.165) is 16.9 Å². The predicted molar refractivity (Wildman–Crippen MR) is 76.6 cm³/mol.